The molecule has 0 amide bonds. The lowest BCUT2D eigenvalue weighted by molar-refractivity contribution is 0.232. The summed E-state index contributed by atoms with van der Waals surface area (Å²) in [6, 6.07) is 0.408. The number of rotatable bonds is 6. The van der Waals surface area contributed by atoms with Gasteiger partial charge in [-0.25, -0.2) is 0 Å². The van der Waals surface area contributed by atoms with E-state index in [2.05, 4.69) is 20.5 Å². The van der Waals surface area contributed by atoms with Gasteiger partial charge in [-0.1, -0.05) is 19.8 Å². The predicted molar refractivity (Wildman–Crippen MR) is 99.5 cm³/mol. The quantitative estimate of drug-likeness (QED) is 0.570. The van der Waals surface area contributed by atoms with E-state index >= 15 is 0 Å². The Balaban J connectivity index is 1.70. The first-order valence-electron chi connectivity index (χ1n) is 9.29. The van der Waals surface area contributed by atoms with Gasteiger partial charge >= 0.3 is 0 Å². The van der Waals surface area contributed by atoms with E-state index in [0.29, 0.717) is 11.3 Å². The second-order valence-corrected chi connectivity index (χ2v) is 8.71. The van der Waals surface area contributed by atoms with Crippen molar-refractivity contribution in [2.75, 3.05) is 39.0 Å². The molecule has 3 unspecified atom stereocenters. The number of nitrogens with one attached hydrogen (secondary N) is 2. The predicted octanol–water partition coefficient (Wildman–Crippen LogP) is 1.72. The van der Waals surface area contributed by atoms with Crippen LogP contribution < -0.4 is 10.6 Å². The van der Waals surface area contributed by atoms with E-state index in [1.54, 1.807) is 0 Å². The first-order valence-corrected chi connectivity index (χ1v) is 10.7. The van der Waals surface area contributed by atoms with Gasteiger partial charge in [0.25, 0.3) is 0 Å². The molecule has 1 aliphatic carbocycles. The van der Waals surface area contributed by atoms with Crippen molar-refractivity contribution in [1.29, 1.82) is 0 Å². The number of guanidine groups is 1. The molecule has 2 fully saturated rings. The lowest BCUT2D eigenvalue weighted by atomic mass is 9.95. The summed E-state index contributed by atoms with van der Waals surface area (Å²) in [6.07, 6.45) is 8.50. The van der Waals surface area contributed by atoms with Crippen LogP contribution in [0.5, 0.6) is 0 Å². The van der Waals surface area contributed by atoms with Crippen molar-refractivity contribution in [2.24, 2.45) is 4.99 Å². The standard InChI is InChI=1S/C17H34N4OS/c1-3-23(22)16-9-7-8-15(14-16)20-17(18-2)19-10-13-21-11-5-4-6-12-21/h15-16H,3-14H2,1-2H3,(H2,18,19,20). The Morgan fingerprint density at radius 2 is 2.00 bits per heavy atom. The van der Waals surface area contributed by atoms with Crippen LogP contribution in [0.2, 0.25) is 0 Å². The number of likely N-dealkylation sites (tertiary alicyclic amines) is 1. The van der Waals surface area contributed by atoms with Crippen LogP contribution in [-0.4, -0.2) is 65.3 Å². The molecule has 2 N–H and O–H groups in total. The lowest BCUT2D eigenvalue weighted by Gasteiger charge is -2.30. The molecule has 0 radical (unpaired) electrons. The smallest absolute Gasteiger partial charge is 0.191 e. The molecule has 1 saturated heterocycles. The summed E-state index contributed by atoms with van der Waals surface area (Å²) in [5, 5.41) is 7.34. The molecule has 2 aliphatic rings. The molecule has 0 bridgehead atoms. The first kappa shape index (κ1) is 18.7. The molecule has 23 heavy (non-hydrogen) atoms. The van der Waals surface area contributed by atoms with Gasteiger partial charge in [-0.2, -0.15) is 0 Å². The maximum absolute atomic E-state index is 12.0. The lowest BCUT2D eigenvalue weighted by Crippen LogP contribution is -2.48. The third kappa shape index (κ3) is 6.42. The van der Waals surface area contributed by atoms with Gasteiger partial charge in [-0.15, -0.1) is 0 Å². The van der Waals surface area contributed by atoms with E-state index < -0.39 is 10.8 Å². The van der Waals surface area contributed by atoms with Crippen LogP contribution in [0.3, 0.4) is 0 Å². The molecule has 0 aromatic rings. The van der Waals surface area contributed by atoms with E-state index in [0.717, 1.165) is 44.1 Å². The van der Waals surface area contributed by atoms with E-state index in [1.165, 1.54) is 38.8 Å². The van der Waals surface area contributed by atoms with Gasteiger partial charge in [0, 0.05) is 48.0 Å². The minimum atomic E-state index is -0.667. The summed E-state index contributed by atoms with van der Waals surface area (Å²) < 4.78 is 12.0. The Morgan fingerprint density at radius 3 is 2.70 bits per heavy atom. The number of aliphatic imine (C=N–C) groups is 1. The third-order valence-electron chi connectivity index (χ3n) is 5.02. The molecule has 0 aromatic carbocycles. The molecule has 2 rings (SSSR count). The minimum Gasteiger partial charge on any atom is -0.355 e. The van der Waals surface area contributed by atoms with Crippen LogP contribution in [0.25, 0.3) is 0 Å². The molecule has 1 saturated carbocycles. The second-order valence-electron chi connectivity index (χ2n) is 6.70. The van der Waals surface area contributed by atoms with E-state index in [9.17, 15) is 4.21 Å². The van der Waals surface area contributed by atoms with Crippen LogP contribution in [0.4, 0.5) is 0 Å². The highest BCUT2D eigenvalue weighted by Gasteiger charge is 2.26. The van der Waals surface area contributed by atoms with Crippen molar-refractivity contribution < 1.29 is 4.21 Å². The largest absolute Gasteiger partial charge is 0.355 e. The maximum Gasteiger partial charge on any atom is 0.191 e. The van der Waals surface area contributed by atoms with Crippen LogP contribution >= 0.6 is 0 Å². The molecular formula is C17H34N4OS. The van der Waals surface area contributed by atoms with Crippen molar-refractivity contribution in [3.8, 4) is 0 Å². The minimum absolute atomic E-state index is 0.359. The Bertz CT molecular complexity index is 396. The third-order valence-corrected chi connectivity index (χ3v) is 6.76. The van der Waals surface area contributed by atoms with Crippen molar-refractivity contribution in [1.82, 2.24) is 15.5 Å². The molecular weight excluding hydrogens is 308 g/mol. The van der Waals surface area contributed by atoms with E-state index in [-0.39, 0.29) is 0 Å². The van der Waals surface area contributed by atoms with Gasteiger partial charge in [0.1, 0.15) is 0 Å². The second kappa shape index (κ2) is 10.3. The van der Waals surface area contributed by atoms with Crippen molar-refractivity contribution in [3.05, 3.63) is 0 Å². The fourth-order valence-corrected chi connectivity index (χ4v) is 5.00. The van der Waals surface area contributed by atoms with Crippen molar-refractivity contribution in [2.45, 2.75) is 63.2 Å². The summed E-state index contributed by atoms with van der Waals surface area (Å²) in [5.41, 5.74) is 0. The summed E-state index contributed by atoms with van der Waals surface area (Å²) in [5.74, 6) is 1.68. The summed E-state index contributed by atoms with van der Waals surface area (Å²) in [4.78, 5) is 6.89. The average Bonchev–Trinajstić information content (AvgIpc) is 2.61. The average molecular weight is 343 g/mol. The zero-order valence-corrected chi connectivity index (χ0v) is 15.7. The highest BCUT2D eigenvalue weighted by molar-refractivity contribution is 7.85. The number of nitrogens with zero attached hydrogens (tertiary/aromatic N) is 2. The van der Waals surface area contributed by atoms with Crippen molar-refractivity contribution in [3.63, 3.8) is 0 Å². The number of hydrogen-bond donors (Lipinski definition) is 2. The van der Waals surface area contributed by atoms with Crippen LogP contribution in [-0.2, 0) is 10.8 Å². The SMILES string of the molecule is CCS(=O)C1CCCC(NC(=NC)NCCN2CCCCC2)C1. The molecule has 0 spiro atoms. The summed E-state index contributed by atoms with van der Waals surface area (Å²) in [7, 11) is 1.17. The molecule has 1 aliphatic heterocycles. The first-order chi connectivity index (χ1) is 11.2. The van der Waals surface area contributed by atoms with Gasteiger partial charge in [0.15, 0.2) is 5.96 Å². The molecule has 1 heterocycles. The number of piperidine rings is 1. The highest BCUT2D eigenvalue weighted by Crippen LogP contribution is 2.22. The molecule has 3 atom stereocenters. The Kier molecular flexibility index (Phi) is 8.37. The Labute approximate surface area is 144 Å². The Morgan fingerprint density at radius 1 is 1.22 bits per heavy atom. The van der Waals surface area contributed by atoms with Gasteiger partial charge < -0.3 is 15.5 Å². The van der Waals surface area contributed by atoms with Gasteiger partial charge in [0.2, 0.25) is 0 Å². The van der Waals surface area contributed by atoms with Gasteiger partial charge in [0.05, 0.1) is 0 Å². The molecule has 6 heteroatoms. The fraction of sp³-hybridized carbons (Fsp3) is 0.941. The van der Waals surface area contributed by atoms with Crippen LogP contribution in [0.1, 0.15) is 51.9 Å². The van der Waals surface area contributed by atoms with E-state index in [4.69, 9.17) is 0 Å². The normalized spacial score (nSPS) is 28.3. The van der Waals surface area contributed by atoms with Crippen LogP contribution in [0.15, 0.2) is 4.99 Å². The zero-order valence-electron chi connectivity index (χ0n) is 14.9. The Hall–Kier alpha value is -0.620. The molecule has 134 valence electrons. The van der Waals surface area contributed by atoms with Crippen molar-refractivity contribution >= 4 is 16.8 Å². The summed E-state index contributed by atoms with van der Waals surface area (Å²) >= 11 is 0. The maximum atomic E-state index is 12.0. The molecule has 5 nitrogen and oxygen atoms in total. The summed E-state index contributed by atoms with van der Waals surface area (Å²) in [6.45, 7) is 6.53. The van der Waals surface area contributed by atoms with Gasteiger partial charge in [-0.05, 0) is 45.2 Å². The monoisotopic (exact) mass is 342 g/mol. The fourth-order valence-electron chi connectivity index (χ4n) is 3.65. The topological polar surface area (TPSA) is 56.7 Å². The van der Waals surface area contributed by atoms with Crippen LogP contribution in [0, 0.1) is 0 Å². The number of hydrogen-bond acceptors (Lipinski definition) is 3. The van der Waals surface area contributed by atoms with Gasteiger partial charge in [-0.3, -0.25) is 9.20 Å². The zero-order chi connectivity index (χ0) is 16.5. The highest BCUT2D eigenvalue weighted by atomic mass is 32.2. The van der Waals surface area contributed by atoms with E-state index in [1.807, 2.05) is 14.0 Å². The molecule has 0 aromatic heterocycles.